The maximum atomic E-state index is 12.4. The summed E-state index contributed by atoms with van der Waals surface area (Å²) >= 11 is 0. The van der Waals surface area contributed by atoms with Crippen LogP contribution in [0.2, 0.25) is 0 Å². The van der Waals surface area contributed by atoms with Gasteiger partial charge in [-0.05, 0) is 80.2 Å². The Hall–Kier alpha value is -4.16. The number of ether oxygens (including phenoxy) is 1. The molecule has 1 saturated heterocycles. The molecule has 2 aromatic heterocycles. The molecule has 3 N–H and O–H groups in total. The molecule has 0 radical (unpaired) electrons. The maximum absolute atomic E-state index is 12.4. The van der Waals surface area contributed by atoms with Gasteiger partial charge in [-0.2, -0.15) is 0 Å². The Kier molecular flexibility index (Phi) is 7.87. The minimum absolute atomic E-state index is 0.298. The zero-order chi connectivity index (χ0) is 29.3. The summed E-state index contributed by atoms with van der Waals surface area (Å²) in [5.74, 6) is 1.11. The highest BCUT2D eigenvalue weighted by Gasteiger charge is 2.23. The van der Waals surface area contributed by atoms with E-state index >= 15 is 0 Å². The number of likely N-dealkylation sites (tertiary alicyclic amines) is 1. The third-order valence-corrected chi connectivity index (χ3v) is 8.77. The fourth-order valence-electron chi connectivity index (χ4n) is 5.29. The topological polar surface area (TPSA) is 135 Å². The number of hydrogen-bond acceptors (Lipinski definition) is 8. The number of nitrogens with two attached hydrogens (primary N) is 1. The highest BCUT2D eigenvalue weighted by molar-refractivity contribution is 7.92. The molecule has 1 aliphatic rings. The number of anilines is 3. The van der Waals surface area contributed by atoms with E-state index in [1.54, 1.807) is 24.9 Å². The summed E-state index contributed by atoms with van der Waals surface area (Å²) in [6.45, 7) is 3.87. The Morgan fingerprint density at radius 2 is 1.90 bits per heavy atom. The molecule has 0 atom stereocenters. The second-order valence-corrected chi connectivity index (χ2v) is 12.5. The second-order valence-electron chi connectivity index (χ2n) is 10.5. The fraction of sp³-hybridized carbons (Fsp3) is 0.345. The lowest BCUT2D eigenvalue weighted by atomic mass is 9.89. The number of aryl methyl sites for hydroxylation is 1. The van der Waals surface area contributed by atoms with E-state index in [0.29, 0.717) is 29.8 Å². The van der Waals surface area contributed by atoms with E-state index in [1.807, 2.05) is 49.4 Å². The van der Waals surface area contributed by atoms with E-state index in [-0.39, 0.29) is 5.91 Å². The van der Waals surface area contributed by atoms with Crippen molar-refractivity contribution in [3.63, 3.8) is 0 Å². The molecule has 11 nitrogen and oxygen atoms in total. The van der Waals surface area contributed by atoms with Crippen LogP contribution < -0.4 is 20.1 Å². The number of nitrogens with zero attached hydrogens (tertiary/aromatic N) is 5. The summed E-state index contributed by atoms with van der Waals surface area (Å²) in [5.41, 5.74) is 11.0. The number of hydrogen-bond donors (Lipinski definition) is 2. The van der Waals surface area contributed by atoms with Crippen molar-refractivity contribution < 1.29 is 17.9 Å². The molecule has 0 spiro atoms. The van der Waals surface area contributed by atoms with Crippen molar-refractivity contribution in [1.29, 1.82) is 0 Å². The van der Waals surface area contributed by atoms with Crippen LogP contribution in [0.25, 0.3) is 16.8 Å². The smallest absolute Gasteiger partial charge is 0.245 e. The quantitative estimate of drug-likeness (QED) is 0.309. The van der Waals surface area contributed by atoms with Gasteiger partial charge in [-0.3, -0.25) is 14.0 Å². The zero-order valence-corrected chi connectivity index (χ0v) is 24.5. The number of amides is 1. The van der Waals surface area contributed by atoms with Gasteiger partial charge in [-0.15, -0.1) is 5.10 Å². The number of rotatable bonds is 9. The number of primary amides is 1. The van der Waals surface area contributed by atoms with E-state index in [9.17, 15) is 13.2 Å². The van der Waals surface area contributed by atoms with E-state index in [4.69, 9.17) is 15.6 Å². The lowest BCUT2D eigenvalue weighted by molar-refractivity contribution is -0.119. The van der Waals surface area contributed by atoms with Gasteiger partial charge < -0.3 is 15.8 Å². The summed E-state index contributed by atoms with van der Waals surface area (Å²) in [5, 5.41) is 8.02. The number of sulfonamides is 1. The summed E-state index contributed by atoms with van der Waals surface area (Å²) in [6.07, 6.45) is 4.78. The normalized spacial score (nSPS) is 14.7. The largest absolute Gasteiger partial charge is 0.495 e. The van der Waals surface area contributed by atoms with E-state index < -0.39 is 10.0 Å². The zero-order valence-electron chi connectivity index (χ0n) is 23.7. The van der Waals surface area contributed by atoms with Crippen molar-refractivity contribution in [1.82, 2.24) is 19.5 Å². The van der Waals surface area contributed by atoms with Crippen molar-refractivity contribution in [2.75, 3.05) is 49.7 Å². The van der Waals surface area contributed by atoms with E-state index in [0.717, 1.165) is 54.0 Å². The molecular weight excluding hydrogens is 542 g/mol. The predicted molar refractivity (Wildman–Crippen MR) is 160 cm³/mol. The monoisotopic (exact) mass is 577 g/mol. The van der Waals surface area contributed by atoms with Gasteiger partial charge in [0.1, 0.15) is 5.75 Å². The number of carbonyl (C=O) groups excluding carboxylic acids is 1. The van der Waals surface area contributed by atoms with Crippen molar-refractivity contribution in [2.24, 2.45) is 5.73 Å². The molecule has 4 aromatic rings. The second kappa shape index (κ2) is 11.4. The molecule has 0 unspecified atom stereocenters. The highest BCUT2D eigenvalue weighted by atomic mass is 32.2. The maximum Gasteiger partial charge on any atom is 0.245 e. The molecule has 41 heavy (non-hydrogen) atoms. The van der Waals surface area contributed by atoms with Crippen molar-refractivity contribution in [2.45, 2.75) is 25.7 Å². The lowest BCUT2D eigenvalue weighted by Gasteiger charge is -2.31. The summed E-state index contributed by atoms with van der Waals surface area (Å²) in [4.78, 5) is 17.8. The standard InChI is InChI=1S/C29H35N7O4S/c1-19-5-8-23(26(15-19)34(2)41(4,38)39)25-10-7-22-17-31-29(33-36(22)25)32-24-9-6-21(16-27(24)40-3)20-11-13-35(14-12-20)18-28(30)37/h5-10,15-17,20H,11-14,18H2,1-4H3,(H2,30,37)(H,32,33). The average Bonchev–Trinajstić information content (AvgIpc) is 3.35. The van der Waals surface area contributed by atoms with Crippen molar-refractivity contribution in [3.8, 4) is 17.0 Å². The third kappa shape index (κ3) is 6.13. The minimum Gasteiger partial charge on any atom is -0.495 e. The number of benzene rings is 2. The summed E-state index contributed by atoms with van der Waals surface area (Å²) < 4.78 is 33.5. The average molecular weight is 578 g/mol. The van der Waals surface area contributed by atoms with Gasteiger partial charge in [0.25, 0.3) is 0 Å². The number of fused-ring (bicyclic) bond motifs is 1. The van der Waals surface area contributed by atoms with E-state index in [1.165, 1.54) is 16.1 Å². The van der Waals surface area contributed by atoms with Gasteiger partial charge >= 0.3 is 0 Å². The number of piperidine rings is 1. The van der Waals surface area contributed by atoms with Crippen LogP contribution in [0.1, 0.15) is 29.9 Å². The Morgan fingerprint density at radius 3 is 2.59 bits per heavy atom. The van der Waals surface area contributed by atoms with Gasteiger partial charge in [0, 0.05) is 12.6 Å². The van der Waals surface area contributed by atoms with Gasteiger partial charge in [-0.1, -0.05) is 18.2 Å². The first kappa shape index (κ1) is 28.4. The number of nitrogens with one attached hydrogen (secondary N) is 1. The number of methoxy groups -OCH3 is 1. The predicted octanol–water partition coefficient (Wildman–Crippen LogP) is 3.52. The lowest BCUT2D eigenvalue weighted by Crippen LogP contribution is -2.39. The molecule has 0 aliphatic carbocycles. The number of aromatic nitrogens is 3. The molecule has 1 amide bonds. The SMILES string of the molecule is COc1cc(C2CCN(CC(N)=O)CC2)ccc1Nc1ncc2ccc(-c3ccc(C)cc3N(C)S(C)(=O)=O)n2n1. The summed E-state index contributed by atoms with van der Waals surface area (Å²) in [7, 11) is -0.294. The van der Waals surface area contributed by atoms with E-state index in [2.05, 4.69) is 21.3 Å². The molecule has 216 valence electrons. The van der Waals surface area contributed by atoms with Gasteiger partial charge in [0.05, 0.1) is 48.7 Å². The molecule has 2 aromatic carbocycles. The first-order chi connectivity index (χ1) is 19.5. The van der Waals surface area contributed by atoms with Gasteiger partial charge in [-0.25, -0.2) is 17.9 Å². The molecule has 1 aliphatic heterocycles. The van der Waals surface area contributed by atoms with Crippen LogP contribution in [0, 0.1) is 6.92 Å². The molecule has 1 fully saturated rings. The van der Waals surface area contributed by atoms with Crippen LogP contribution in [0.3, 0.4) is 0 Å². The Morgan fingerprint density at radius 1 is 1.15 bits per heavy atom. The van der Waals surface area contributed by atoms with Crippen molar-refractivity contribution in [3.05, 3.63) is 65.9 Å². The van der Waals surface area contributed by atoms with Crippen LogP contribution in [0.5, 0.6) is 5.75 Å². The third-order valence-electron chi connectivity index (χ3n) is 7.57. The van der Waals surface area contributed by atoms with Crippen molar-refractivity contribution >= 4 is 38.8 Å². The van der Waals surface area contributed by atoms with Gasteiger partial charge in [0.15, 0.2) is 0 Å². The highest BCUT2D eigenvalue weighted by Crippen LogP contribution is 2.36. The van der Waals surface area contributed by atoms with Crippen LogP contribution in [-0.2, 0) is 14.8 Å². The Labute approximate surface area is 240 Å². The van der Waals surface area contributed by atoms with Crippen LogP contribution >= 0.6 is 0 Å². The Balaban J connectivity index is 1.42. The fourth-order valence-corrected chi connectivity index (χ4v) is 5.80. The molecule has 0 bridgehead atoms. The van der Waals surface area contributed by atoms with Crippen LogP contribution in [0.4, 0.5) is 17.3 Å². The van der Waals surface area contributed by atoms with Crippen LogP contribution in [-0.4, -0.2) is 73.9 Å². The molecule has 5 rings (SSSR count). The van der Waals surface area contributed by atoms with Gasteiger partial charge in [0.2, 0.25) is 21.9 Å². The molecule has 0 saturated carbocycles. The summed E-state index contributed by atoms with van der Waals surface area (Å²) in [6, 6.07) is 15.6. The van der Waals surface area contributed by atoms with Crippen LogP contribution in [0.15, 0.2) is 54.7 Å². The minimum atomic E-state index is -3.47. The number of carbonyl (C=O) groups is 1. The molecule has 3 heterocycles. The first-order valence-corrected chi connectivity index (χ1v) is 15.2. The molecular formula is C29H35N7O4S. The Bertz CT molecular complexity index is 1690. The molecule has 12 heteroatoms. The first-order valence-electron chi connectivity index (χ1n) is 13.4.